The molecule has 140 valence electrons. The third kappa shape index (κ3) is 3.36. The minimum absolute atomic E-state index is 0.0177. The van der Waals surface area contributed by atoms with Gasteiger partial charge in [-0.2, -0.15) is 13.2 Å². The normalized spacial score (nSPS) is 17.6. The van der Waals surface area contributed by atoms with E-state index in [2.05, 4.69) is 9.98 Å². The average molecular weight is 409 g/mol. The number of allylic oxidation sites excluding steroid dienone is 1. The molecule has 0 aliphatic carbocycles. The summed E-state index contributed by atoms with van der Waals surface area (Å²) in [4.78, 5) is 11.2. The molecule has 1 unspecified atom stereocenters. The Morgan fingerprint density at radius 2 is 2.07 bits per heavy atom. The van der Waals surface area contributed by atoms with Crippen LogP contribution in [-0.4, -0.2) is 17.0 Å². The van der Waals surface area contributed by atoms with Crippen LogP contribution in [0.2, 0.25) is 0 Å². The van der Waals surface area contributed by atoms with Crippen LogP contribution in [0.5, 0.6) is 0 Å². The highest BCUT2D eigenvalue weighted by atomic mass is 32.1. The molecule has 5 nitrogen and oxygen atoms in total. The predicted octanol–water partition coefficient (Wildman–Crippen LogP) is 3.90. The Hall–Kier alpha value is -2.27. The van der Waals surface area contributed by atoms with E-state index in [9.17, 15) is 13.2 Å². The second-order valence-electron chi connectivity index (χ2n) is 5.82. The van der Waals surface area contributed by atoms with Gasteiger partial charge in [0.1, 0.15) is 0 Å². The summed E-state index contributed by atoms with van der Waals surface area (Å²) in [5.41, 5.74) is 11.9. The van der Waals surface area contributed by atoms with Gasteiger partial charge in [0.25, 0.3) is 0 Å². The van der Waals surface area contributed by atoms with Gasteiger partial charge in [-0.25, -0.2) is 9.98 Å². The summed E-state index contributed by atoms with van der Waals surface area (Å²) in [6.07, 6.45) is -1.81. The molecule has 1 aliphatic heterocycles. The van der Waals surface area contributed by atoms with Crippen LogP contribution in [0, 0.1) is 0 Å². The van der Waals surface area contributed by atoms with Crippen LogP contribution in [0.4, 0.5) is 18.3 Å². The molecule has 10 heteroatoms. The first-order valence-corrected chi connectivity index (χ1v) is 9.61. The largest absolute Gasteiger partial charge is 0.418 e. The molecule has 1 aromatic carbocycles. The lowest BCUT2D eigenvalue weighted by molar-refractivity contribution is -0.136. The van der Waals surface area contributed by atoms with E-state index in [4.69, 9.17) is 11.5 Å². The van der Waals surface area contributed by atoms with Gasteiger partial charge in [0.05, 0.1) is 26.4 Å². The van der Waals surface area contributed by atoms with Gasteiger partial charge in [0.15, 0.2) is 11.4 Å². The highest BCUT2D eigenvalue weighted by Gasteiger charge is 2.35. The zero-order valence-corrected chi connectivity index (χ0v) is 15.4. The van der Waals surface area contributed by atoms with E-state index in [0.29, 0.717) is 15.4 Å². The zero-order valence-electron chi connectivity index (χ0n) is 13.8. The number of aromatic nitrogens is 1. The van der Waals surface area contributed by atoms with Crippen LogP contribution < -0.4 is 16.4 Å². The molecule has 27 heavy (non-hydrogen) atoms. The van der Waals surface area contributed by atoms with Gasteiger partial charge in [-0.15, -0.1) is 11.3 Å². The molecule has 3 aromatic rings. The summed E-state index contributed by atoms with van der Waals surface area (Å²) < 4.78 is 40.7. The fraction of sp³-hybridized carbons (Fsp3) is 0.176. The number of anilines is 1. The second-order valence-corrected chi connectivity index (χ2v) is 7.77. The van der Waals surface area contributed by atoms with Crippen molar-refractivity contribution in [3.05, 3.63) is 57.9 Å². The van der Waals surface area contributed by atoms with Crippen molar-refractivity contribution in [1.82, 2.24) is 4.98 Å². The number of alkyl halides is 3. The van der Waals surface area contributed by atoms with E-state index in [1.165, 1.54) is 11.3 Å². The number of thiazole rings is 1. The van der Waals surface area contributed by atoms with Gasteiger partial charge in [0, 0.05) is 12.7 Å². The molecule has 0 spiro atoms. The number of nitrogens with two attached hydrogens (primary N) is 2. The van der Waals surface area contributed by atoms with Gasteiger partial charge in [-0.3, -0.25) is 10.6 Å². The number of hydrogen-bond acceptors (Lipinski definition) is 7. The van der Waals surface area contributed by atoms with Crippen LogP contribution >= 0.6 is 22.7 Å². The Morgan fingerprint density at radius 3 is 2.70 bits per heavy atom. The first-order valence-electron chi connectivity index (χ1n) is 7.91. The number of thiophene rings is 1. The number of hydrogen-bond donors (Lipinski definition) is 2. The quantitative estimate of drug-likeness (QED) is 0.688. The zero-order chi connectivity index (χ0) is 19.2. The summed E-state index contributed by atoms with van der Waals surface area (Å²) in [6, 6.07) is 6.52. The molecular formula is C17H14F3N5S2. The SMILES string of the molecule is NCc1cc(C(F)(F)F)c2nc(N3C=CC(c4cccs4)=NC3N)sc2c1. The third-order valence-electron chi connectivity index (χ3n) is 4.03. The smallest absolute Gasteiger partial charge is 0.326 e. The van der Waals surface area contributed by atoms with Crippen molar-refractivity contribution in [3.63, 3.8) is 0 Å². The van der Waals surface area contributed by atoms with E-state index in [1.807, 2.05) is 17.5 Å². The van der Waals surface area contributed by atoms with Crippen molar-refractivity contribution in [2.75, 3.05) is 4.90 Å². The summed E-state index contributed by atoms with van der Waals surface area (Å²) in [5.74, 6) is 0. The number of halogens is 3. The maximum atomic E-state index is 13.4. The van der Waals surface area contributed by atoms with Crippen molar-refractivity contribution >= 4 is 43.7 Å². The summed E-state index contributed by atoms with van der Waals surface area (Å²) in [5, 5.41) is 2.28. The number of aliphatic imine (C=N–C) groups is 1. The second kappa shape index (κ2) is 6.71. The Balaban J connectivity index is 1.74. The van der Waals surface area contributed by atoms with Gasteiger partial charge < -0.3 is 5.73 Å². The maximum absolute atomic E-state index is 13.4. The van der Waals surface area contributed by atoms with Gasteiger partial charge in [-0.1, -0.05) is 17.4 Å². The van der Waals surface area contributed by atoms with Crippen molar-refractivity contribution in [2.45, 2.75) is 19.0 Å². The van der Waals surface area contributed by atoms with E-state index in [-0.39, 0.29) is 12.1 Å². The Bertz CT molecular complexity index is 1040. The topological polar surface area (TPSA) is 80.5 Å². The Morgan fingerprint density at radius 1 is 1.26 bits per heavy atom. The first-order chi connectivity index (χ1) is 12.9. The summed E-state index contributed by atoms with van der Waals surface area (Å²) >= 11 is 2.66. The molecule has 0 amide bonds. The molecule has 1 atom stereocenters. The minimum atomic E-state index is -4.51. The van der Waals surface area contributed by atoms with E-state index >= 15 is 0 Å². The molecule has 0 fully saturated rings. The lowest BCUT2D eigenvalue weighted by Crippen LogP contribution is -2.39. The number of fused-ring (bicyclic) bond motifs is 1. The standard InChI is InChI=1S/C17H14F3N5S2/c18-17(19,20)10-6-9(8-21)7-13-14(10)24-16(27-13)25-4-3-11(23-15(25)22)12-2-1-5-26-12/h1-7,15H,8,21-22H2. The molecule has 1 aliphatic rings. The Kier molecular flexibility index (Phi) is 4.50. The fourth-order valence-electron chi connectivity index (χ4n) is 2.75. The van der Waals surface area contributed by atoms with Gasteiger partial charge in [0.2, 0.25) is 0 Å². The summed E-state index contributed by atoms with van der Waals surface area (Å²) in [6.45, 7) is 0.0177. The van der Waals surface area contributed by atoms with Crippen LogP contribution in [-0.2, 0) is 12.7 Å². The van der Waals surface area contributed by atoms with Crippen molar-refractivity contribution in [1.29, 1.82) is 0 Å². The highest BCUT2D eigenvalue weighted by molar-refractivity contribution is 7.22. The Labute approximate surface area is 160 Å². The van der Waals surface area contributed by atoms with Crippen LogP contribution in [0.1, 0.15) is 16.0 Å². The monoisotopic (exact) mass is 409 g/mol. The number of benzene rings is 1. The minimum Gasteiger partial charge on any atom is -0.326 e. The van der Waals surface area contributed by atoms with Crippen LogP contribution in [0.3, 0.4) is 0 Å². The molecule has 4 N–H and O–H groups in total. The van der Waals surface area contributed by atoms with E-state index < -0.39 is 18.0 Å². The number of rotatable bonds is 3. The molecular weight excluding hydrogens is 395 g/mol. The van der Waals surface area contributed by atoms with Crippen molar-refractivity contribution in [3.8, 4) is 0 Å². The number of nitrogens with zero attached hydrogens (tertiary/aromatic N) is 3. The van der Waals surface area contributed by atoms with Crippen LogP contribution in [0.15, 0.2) is 46.9 Å². The molecule has 0 bridgehead atoms. The van der Waals surface area contributed by atoms with Crippen LogP contribution in [0.25, 0.3) is 10.2 Å². The van der Waals surface area contributed by atoms with E-state index in [1.54, 1.807) is 23.2 Å². The summed E-state index contributed by atoms with van der Waals surface area (Å²) in [7, 11) is 0. The van der Waals surface area contributed by atoms with Gasteiger partial charge >= 0.3 is 6.18 Å². The third-order valence-corrected chi connectivity index (χ3v) is 5.94. The molecule has 2 aromatic heterocycles. The predicted molar refractivity (Wildman–Crippen MR) is 103 cm³/mol. The van der Waals surface area contributed by atoms with E-state index in [0.717, 1.165) is 28.0 Å². The lowest BCUT2D eigenvalue weighted by Gasteiger charge is -2.25. The molecule has 0 saturated heterocycles. The first kappa shape index (κ1) is 18.1. The average Bonchev–Trinajstić information content (AvgIpc) is 3.29. The lowest BCUT2D eigenvalue weighted by atomic mass is 10.1. The molecule has 4 rings (SSSR count). The van der Waals surface area contributed by atoms with Crippen molar-refractivity contribution in [2.24, 2.45) is 16.5 Å². The van der Waals surface area contributed by atoms with Gasteiger partial charge in [-0.05, 0) is 35.2 Å². The molecule has 0 saturated carbocycles. The van der Waals surface area contributed by atoms with Crippen molar-refractivity contribution < 1.29 is 13.2 Å². The molecule has 0 radical (unpaired) electrons. The highest BCUT2D eigenvalue weighted by Crippen LogP contribution is 2.40. The molecule has 3 heterocycles. The fourth-order valence-corrected chi connectivity index (χ4v) is 4.53. The maximum Gasteiger partial charge on any atom is 0.418 e.